The van der Waals surface area contributed by atoms with Crippen LogP contribution >= 0.6 is 0 Å². The summed E-state index contributed by atoms with van der Waals surface area (Å²) >= 11 is 0. The highest BCUT2D eigenvalue weighted by atomic mass is 16.4. The number of hydrogen-bond acceptors (Lipinski definition) is 3. The summed E-state index contributed by atoms with van der Waals surface area (Å²) in [6, 6.07) is -0.744. The minimum absolute atomic E-state index is 0.155. The molecule has 0 rings (SSSR count). The van der Waals surface area contributed by atoms with Crippen molar-refractivity contribution in [2.24, 2.45) is 5.92 Å². The number of urea groups is 1. The number of carbonyl (C=O) groups is 3. The Kier molecular flexibility index (Phi) is 8.35. The van der Waals surface area contributed by atoms with Crippen LogP contribution in [0.1, 0.15) is 34.1 Å². The van der Waals surface area contributed by atoms with Crippen LogP contribution in [-0.4, -0.2) is 53.6 Å². The van der Waals surface area contributed by atoms with Crippen LogP contribution in [0.4, 0.5) is 4.79 Å². The molecular formula is C13H25N3O4. The van der Waals surface area contributed by atoms with Crippen molar-refractivity contribution >= 4 is 17.9 Å². The molecule has 3 N–H and O–H groups in total. The number of aliphatic carboxylic acids is 1. The molecule has 0 aromatic carbocycles. The van der Waals surface area contributed by atoms with Gasteiger partial charge in [0.05, 0.1) is 6.54 Å². The predicted octanol–water partition coefficient (Wildman–Crippen LogP) is 0.653. The van der Waals surface area contributed by atoms with Crippen molar-refractivity contribution in [2.75, 3.05) is 19.6 Å². The summed E-state index contributed by atoms with van der Waals surface area (Å²) in [6.45, 7) is 7.57. The summed E-state index contributed by atoms with van der Waals surface area (Å²) in [6.07, 6.45) is 0.639. The van der Waals surface area contributed by atoms with Crippen LogP contribution in [0, 0.1) is 5.92 Å². The average molecular weight is 287 g/mol. The zero-order valence-corrected chi connectivity index (χ0v) is 12.6. The van der Waals surface area contributed by atoms with Gasteiger partial charge in [0.25, 0.3) is 0 Å². The molecule has 1 atom stereocenters. The molecule has 0 heterocycles. The third-order valence-corrected chi connectivity index (χ3v) is 2.80. The van der Waals surface area contributed by atoms with E-state index in [4.69, 9.17) is 5.11 Å². The van der Waals surface area contributed by atoms with Gasteiger partial charge in [0.1, 0.15) is 6.54 Å². The molecule has 116 valence electrons. The second kappa shape index (κ2) is 9.17. The Hall–Kier alpha value is -1.79. The molecule has 0 saturated heterocycles. The number of nitrogens with zero attached hydrogens (tertiary/aromatic N) is 1. The van der Waals surface area contributed by atoms with Crippen molar-refractivity contribution in [2.45, 2.75) is 40.2 Å². The van der Waals surface area contributed by atoms with Crippen molar-refractivity contribution in [1.29, 1.82) is 0 Å². The number of carboxylic acids is 1. The maximum atomic E-state index is 11.9. The first-order chi connectivity index (χ1) is 9.27. The monoisotopic (exact) mass is 287 g/mol. The maximum Gasteiger partial charge on any atom is 0.323 e. The van der Waals surface area contributed by atoms with Gasteiger partial charge in [0.15, 0.2) is 0 Å². The van der Waals surface area contributed by atoms with Gasteiger partial charge in [0, 0.05) is 12.6 Å². The Morgan fingerprint density at radius 2 is 1.75 bits per heavy atom. The molecule has 20 heavy (non-hydrogen) atoms. The number of amides is 3. The molecule has 0 aromatic heterocycles. The summed E-state index contributed by atoms with van der Waals surface area (Å²) < 4.78 is 0. The number of rotatable bonds is 8. The predicted molar refractivity (Wildman–Crippen MR) is 75.3 cm³/mol. The highest BCUT2D eigenvalue weighted by Crippen LogP contribution is 2.03. The van der Waals surface area contributed by atoms with Crippen LogP contribution in [0.3, 0.4) is 0 Å². The molecule has 0 aromatic rings. The average Bonchev–Trinajstić information content (AvgIpc) is 2.38. The van der Waals surface area contributed by atoms with E-state index in [-0.39, 0.29) is 25.0 Å². The van der Waals surface area contributed by atoms with Crippen molar-refractivity contribution < 1.29 is 19.5 Å². The molecule has 0 saturated carbocycles. The molecule has 0 bridgehead atoms. The Labute approximate surface area is 119 Å². The van der Waals surface area contributed by atoms with E-state index in [1.165, 1.54) is 4.90 Å². The van der Waals surface area contributed by atoms with Crippen LogP contribution < -0.4 is 10.6 Å². The van der Waals surface area contributed by atoms with E-state index in [0.29, 0.717) is 18.9 Å². The van der Waals surface area contributed by atoms with E-state index < -0.39 is 12.0 Å². The van der Waals surface area contributed by atoms with E-state index in [9.17, 15) is 14.4 Å². The Morgan fingerprint density at radius 3 is 2.20 bits per heavy atom. The first-order valence-electron chi connectivity index (χ1n) is 6.80. The highest BCUT2D eigenvalue weighted by molar-refractivity contribution is 5.85. The van der Waals surface area contributed by atoms with E-state index in [0.717, 1.165) is 0 Å². The quantitative estimate of drug-likeness (QED) is 0.610. The summed E-state index contributed by atoms with van der Waals surface area (Å²) in [5.41, 5.74) is 0. The minimum atomic E-state index is -1.08. The van der Waals surface area contributed by atoms with E-state index in [1.807, 2.05) is 20.8 Å². The molecule has 1 unspecified atom stereocenters. The van der Waals surface area contributed by atoms with Gasteiger partial charge in [-0.05, 0) is 19.3 Å². The molecule has 0 aliphatic carbocycles. The van der Waals surface area contributed by atoms with Crippen molar-refractivity contribution in [3.63, 3.8) is 0 Å². The molecule has 3 amide bonds. The standard InChI is InChI=1S/C13H25N3O4/c1-5-10(4)16(8-12(18)19)13(20)15-7-11(17)14-6-9(2)3/h9-10H,5-8H2,1-4H3,(H,14,17)(H,15,20)(H,18,19). The van der Waals surface area contributed by atoms with Gasteiger partial charge in [-0.2, -0.15) is 0 Å². The van der Waals surface area contributed by atoms with Crippen molar-refractivity contribution in [1.82, 2.24) is 15.5 Å². The largest absolute Gasteiger partial charge is 0.480 e. The van der Waals surface area contributed by atoms with Crippen LogP contribution in [-0.2, 0) is 9.59 Å². The van der Waals surface area contributed by atoms with Gasteiger partial charge in [-0.1, -0.05) is 20.8 Å². The van der Waals surface area contributed by atoms with Crippen LogP contribution in [0.15, 0.2) is 0 Å². The zero-order chi connectivity index (χ0) is 15.7. The van der Waals surface area contributed by atoms with Crippen LogP contribution in [0.2, 0.25) is 0 Å². The zero-order valence-electron chi connectivity index (χ0n) is 12.6. The Balaban J connectivity index is 4.32. The first-order valence-corrected chi connectivity index (χ1v) is 6.80. The maximum absolute atomic E-state index is 11.9. The highest BCUT2D eigenvalue weighted by Gasteiger charge is 2.21. The number of carbonyl (C=O) groups excluding carboxylic acids is 2. The van der Waals surface area contributed by atoms with Gasteiger partial charge >= 0.3 is 12.0 Å². The third kappa shape index (κ3) is 7.60. The lowest BCUT2D eigenvalue weighted by Gasteiger charge is -2.26. The summed E-state index contributed by atoms with van der Waals surface area (Å²) in [4.78, 5) is 35.3. The fourth-order valence-electron chi connectivity index (χ4n) is 1.43. The van der Waals surface area contributed by atoms with Gasteiger partial charge in [-0.15, -0.1) is 0 Å². The molecule has 0 spiro atoms. The summed E-state index contributed by atoms with van der Waals surface area (Å²) in [7, 11) is 0. The van der Waals surface area contributed by atoms with E-state index >= 15 is 0 Å². The normalized spacial score (nSPS) is 11.8. The second-order valence-electron chi connectivity index (χ2n) is 5.14. The lowest BCUT2D eigenvalue weighted by Crippen LogP contribution is -2.49. The Morgan fingerprint density at radius 1 is 1.15 bits per heavy atom. The van der Waals surface area contributed by atoms with Gasteiger partial charge < -0.3 is 20.6 Å². The topological polar surface area (TPSA) is 98.7 Å². The van der Waals surface area contributed by atoms with Gasteiger partial charge in [-0.3, -0.25) is 9.59 Å². The molecule has 7 nitrogen and oxygen atoms in total. The van der Waals surface area contributed by atoms with Crippen molar-refractivity contribution in [3.8, 4) is 0 Å². The SMILES string of the molecule is CCC(C)N(CC(=O)O)C(=O)NCC(=O)NCC(C)C. The summed E-state index contributed by atoms with van der Waals surface area (Å²) in [5, 5.41) is 13.9. The lowest BCUT2D eigenvalue weighted by molar-refractivity contribution is -0.138. The van der Waals surface area contributed by atoms with Gasteiger partial charge in [0.2, 0.25) is 5.91 Å². The third-order valence-electron chi connectivity index (χ3n) is 2.80. The lowest BCUT2D eigenvalue weighted by atomic mass is 10.2. The van der Waals surface area contributed by atoms with E-state index in [2.05, 4.69) is 10.6 Å². The smallest absolute Gasteiger partial charge is 0.323 e. The molecule has 0 aliphatic heterocycles. The Bertz CT molecular complexity index is 345. The van der Waals surface area contributed by atoms with Crippen LogP contribution in [0.5, 0.6) is 0 Å². The summed E-state index contributed by atoms with van der Waals surface area (Å²) in [5.74, 6) is -1.03. The van der Waals surface area contributed by atoms with E-state index in [1.54, 1.807) is 6.92 Å². The van der Waals surface area contributed by atoms with Crippen molar-refractivity contribution in [3.05, 3.63) is 0 Å². The first kappa shape index (κ1) is 18.2. The number of nitrogens with one attached hydrogen (secondary N) is 2. The molecule has 0 aliphatic rings. The molecule has 0 radical (unpaired) electrons. The number of hydrogen-bond donors (Lipinski definition) is 3. The molecule has 0 fully saturated rings. The fraction of sp³-hybridized carbons (Fsp3) is 0.769. The van der Waals surface area contributed by atoms with Crippen LogP contribution in [0.25, 0.3) is 0 Å². The van der Waals surface area contributed by atoms with Gasteiger partial charge in [-0.25, -0.2) is 4.79 Å². The molecular weight excluding hydrogens is 262 g/mol. The molecule has 7 heteroatoms. The fourth-order valence-corrected chi connectivity index (χ4v) is 1.43. The second-order valence-corrected chi connectivity index (χ2v) is 5.14. The minimum Gasteiger partial charge on any atom is -0.480 e. The number of carboxylic acid groups (broad SMARTS) is 1.